The Bertz CT molecular complexity index is 808. The highest BCUT2D eigenvalue weighted by atomic mass is 79.9. The van der Waals surface area contributed by atoms with Crippen molar-refractivity contribution in [1.82, 2.24) is 4.72 Å². The molecule has 0 heterocycles. The van der Waals surface area contributed by atoms with Crippen LogP contribution in [0.1, 0.15) is 19.4 Å². The van der Waals surface area contributed by atoms with E-state index < -0.39 is 10.0 Å². The van der Waals surface area contributed by atoms with Gasteiger partial charge in [0.1, 0.15) is 0 Å². The Kier molecular flexibility index (Phi) is 7.28. The molecule has 0 atom stereocenters. The lowest BCUT2D eigenvalue weighted by atomic mass is 10.1. The molecule has 0 aliphatic rings. The van der Waals surface area contributed by atoms with E-state index in [0.29, 0.717) is 37.7 Å². The molecule has 2 rings (SSSR count). The molecule has 0 amide bonds. The Morgan fingerprint density at radius 3 is 2.40 bits per heavy atom. The molecule has 0 bridgehead atoms. The van der Waals surface area contributed by atoms with E-state index >= 15 is 0 Å². The minimum atomic E-state index is -3.53. The third kappa shape index (κ3) is 5.73. The fourth-order valence-corrected chi connectivity index (χ4v) is 3.93. The Morgan fingerprint density at radius 2 is 1.72 bits per heavy atom. The molecule has 25 heavy (non-hydrogen) atoms. The summed E-state index contributed by atoms with van der Waals surface area (Å²) in [6.07, 6.45) is 0.555. The Morgan fingerprint density at radius 1 is 1.00 bits per heavy atom. The van der Waals surface area contributed by atoms with Crippen LogP contribution in [0.4, 0.5) is 0 Å². The molecular weight excluding hydrogens is 406 g/mol. The predicted molar refractivity (Wildman–Crippen MR) is 102 cm³/mol. The summed E-state index contributed by atoms with van der Waals surface area (Å²) in [6, 6.07) is 12.3. The zero-order valence-corrected chi connectivity index (χ0v) is 16.7. The molecule has 0 saturated heterocycles. The van der Waals surface area contributed by atoms with Gasteiger partial charge >= 0.3 is 0 Å². The topological polar surface area (TPSA) is 64.6 Å². The van der Waals surface area contributed by atoms with Gasteiger partial charge in [-0.05, 0) is 56.2 Å². The first-order valence-electron chi connectivity index (χ1n) is 8.10. The van der Waals surface area contributed by atoms with Crippen molar-refractivity contribution in [2.24, 2.45) is 0 Å². The lowest BCUT2D eigenvalue weighted by Gasteiger charge is -2.13. The number of halogens is 1. The van der Waals surface area contributed by atoms with Gasteiger partial charge in [0.25, 0.3) is 0 Å². The molecule has 2 aromatic rings. The number of sulfonamides is 1. The van der Waals surface area contributed by atoms with E-state index in [1.165, 1.54) is 0 Å². The predicted octanol–water partition coefficient (Wildman–Crippen LogP) is 3.77. The van der Waals surface area contributed by atoms with Crippen molar-refractivity contribution in [3.05, 3.63) is 52.5 Å². The normalized spacial score (nSPS) is 11.3. The number of hydrogen-bond donors (Lipinski definition) is 1. The molecule has 0 aromatic heterocycles. The quantitative estimate of drug-likeness (QED) is 0.661. The minimum Gasteiger partial charge on any atom is -0.490 e. The van der Waals surface area contributed by atoms with Crippen molar-refractivity contribution in [3.63, 3.8) is 0 Å². The van der Waals surface area contributed by atoms with Crippen LogP contribution in [0, 0.1) is 0 Å². The first-order valence-corrected chi connectivity index (χ1v) is 10.4. The summed E-state index contributed by atoms with van der Waals surface area (Å²) < 4.78 is 39.1. The molecule has 0 aliphatic carbocycles. The number of benzene rings is 2. The summed E-state index contributed by atoms with van der Waals surface area (Å²) >= 11 is 3.28. The molecule has 0 unspecified atom stereocenters. The monoisotopic (exact) mass is 427 g/mol. The summed E-state index contributed by atoms with van der Waals surface area (Å²) in [4.78, 5) is 0.239. The van der Waals surface area contributed by atoms with Crippen LogP contribution in [0.5, 0.6) is 11.5 Å². The maximum atomic E-state index is 12.3. The lowest BCUT2D eigenvalue weighted by Crippen LogP contribution is -2.26. The third-order valence-corrected chi connectivity index (χ3v) is 5.37. The number of hydrogen-bond acceptors (Lipinski definition) is 4. The van der Waals surface area contributed by atoms with E-state index in [9.17, 15) is 8.42 Å². The number of rotatable bonds is 9. The SMILES string of the molecule is CCOc1ccc(CCNS(=O)(=O)c2cccc(Br)c2)cc1OCC. The number of ether oxygens (including phenoxy) is 2. The molecule has 0 aliphatic heterocycles. The van der Waals surface area contributed by atoms with E-state index in [2.05, 4.69) is 20.7 Å². The van der Waals surface area contributed by atoms with Crippen molar-refractivity contribution in [2.45, 2.75) is 25.2 Å². The van der Waals surface area contributed by atoms with Crippen LogP contribution in [0.2, 0.25) is 0 Å². The van der Waals surface area contributed by atoms with Crippen molar-refractivity contribution in [3.8, 4) is 11.5 Å². The molecule has 136 valence electrons. The maximum Gasteiger partial charge on any atom is 0.240 e. The molecular formula is C18H22BrNO4S. The van der Waals surface area contributed by atoms with Gasteiger partial charge in [-0.15, -0.1) is 0 Å². The van der Waals surface area contributed by atoms with Gasteiger partial charge in [-0.1, -0.05) is 28.1 Å². The first kappa shape index (κ1) is 19.8. The smallest absolute Gasteiger partial charge is 0.240 e. The van der Waals surface area contributed by atoms with Crippen LogP contribution in [-0.4, -0.2) is 28.2 Å². The molecule has 7 heteroatoms. The van der Waals surface area contributed by atoms with E-state index in [1.807, 2.05) is 32.0 Å². The highest BCUT2D eigenvalue weighted by Crippen LogP contribution is 2.28. The van der Waals surface area contributed by atoms with E-state index in [4.69, 9.17) is 9.47 Å². The van der Waals surface area contributed by atoms with Crippen LogP contribution >= 0.6 is 15.9 Å². The molecule has 2 aromatic carbocycles. The van der Waals surface area contributed by atoms with Gasteiger partial charge in [0, 0.05) is 11.0 Å². The standard InChI is InChI=1S/C18H22BrNO4S/c1-3-23-17-9-8-14(12-18(17)24-4-2)10-11-20-25(21,22)16-7-5-6-15(19)13-16/h5-9,12-13,20H,3-4,10-11H2,1-2H3. The molecule has 5 nitrogen and oxygen atoms in total. The summed E-state index contributed by atoms with van der Waals surface area (Å²) in [6.45, 7) is 5.23. The Hall–Kier alpha value is -1.57. The van der Waals surface area contributed by atoms with Gasteiger partial charge < -0.3 is 9.47 Å². The summed E-state index contributed by atoms with van der Waals surface area (Å²) in [5.41, 5.74) is 0.976. The zero-order valence-electron chi connectivity index (χ0n) is 14.3. The van der Waals surface area contributed by atoms with Crippen LogP contribution in [0.25, 0.3) is 0 Å². The van der Waals surface area contributed by atoms with Crippen LogP contribution in [-0.2, 0) is 16.4 Å². The van der Waals surface area contributed by atoms with Gasteiger partial charge in [0.05, 0.1) is 18.1 Å². The highest BCUT2D eigenvalue weighted by Gasteiger charge is 2.14. The summed E-state index contributed by atoms with van der Waals surface area (Å²) in [7, 11) is -3.53. The minimum absolute atomic E-state index is 0.239. The molecule has 1 N–H and O–H groups in total. The maximum absolute atomic E-state index is 12.3. The van der Waals surface area contributed by atoms with Crippen molar-refractivity contribution in [1.29, 1.82) is 0 Å². The van der Waals surface area contributed by atoms with Crippen molar-refractivity contribution < 1.29 is 17.9 Å². The fourth-order valence-electron chi connectivity index (χ4n) is 2.30. The second-order valence-corrected chi connectivity index (χ2v) is 7.93. The fraction of sp³-hybridized carbons (Fsp3) is 0.333. The molecule has 0 saturated carbocycles. The second kappa shape index (κ2) is 9.22. The van der Waals surface area contributed by atoms with Gasteiger partial charge in [-0.2, -0.15) is 0 Å². The van der Waals surface area contributed by atoms with Gasteiger partial charge in [0.2, 0.25) is 10.0 Å². The van der Waals surface area contributed by atoms with E-state index in [0.717, 1.165) is 10.0 Å². The Labute approximate surface area is 157 Å². The Balaban J connectivity index is 2.02. The van der Waals surface area contributed by atoms with Gasteiger partial charge in [-0.3, -0.25) is 0 Å². The van der Waals surface area contributed by atoms with E-state index in [-0.39, 0.29) is 4.90 Å². The van der Waals surface area contributed by atoms with E-state index in [1.54, 1.807) is 24.3 Å². The first-order chi connectivity index (χ1) is 12.0. The lowest BCUT2D eigenvalue weighted by molar-refractivity contribution is 0.287. The largest absolute Gasteiger partial charge is 0.490 e. The van der Waals surface area contributed by atoms with Crippen LogP contribution in [0.15, 0.2) is 51.8 Å². The average molecular weight is 428 g/mol. The van der Waals surface area contributed by atoms with Gasteiger partial charge in [-0.25, -0.2) is 13.1 Å². The molecule has 0 spiro atoms. The zero-order chi connectivity index (χ0) is 18.3. The van der Waals surface area contributed by atoms with Gasteiger partial charge in [0.15, 0.2) is 11.5 Å². The average Bonchev–Trinajstić information content (AvgIpc) is 2.57. The molecule has 0 radical (unpaired) electrons. The summed E-state index contributed by atoms with van der Waals surface area (Å²) in [5, 5.41) is 0. The number of nitrogens with one attached hydrogen (secondary N) is 1. The third-order valence-electron chi connectivity index (χ3n) is 3.42. The van der Waals surface area contributed by atoms with Crippen LogP contribution < -0.4 is 14.2 Å². The second-order valence-electron chi connectivity index (χ2n) is 5.25. The molecule has 0 fully saturated rings. The van der Waals surface area contributed by atoms with Crippen LogP contribution in [0.3, 0.4) is 0 Å². The van der Waals surface area contributed by atoms with Crippen molar-refractivity contribution in [2.75, 3.05) is 19.8 Å². The van der Waals surface area contributed by atoms with Crippen molar-refractivity contribution >= 4 is 26.0 Å². The highest BCUT2D eigenvalue weighted by molar-refractivity contribution is 9.10. The summed E-state index contributed by atoms with van der Waals surface area (Å²) in [5.74, 6) is 1.37.